The lowest BCUT2D eigenvalue weighted by Crippen LogP contribution is -2.60. The quantitative estimate of drug-likeness (QED) is 0.0277. The second-order valence-corrected chi connectivity index (χ2v) is 18.1. The van der Waals surface area contributed by atoms with Gasteiger partial charge in [-0.2, -0.15) is 0 Å². The molecule has 0 bridgehead atoms. The highest BCUT2D eigenvalue weighted by Crippen LogP contribution is 2.23. The number of hydrogen-bond acceptors (Lipinski definition) is 10. The van der Waals surface area contributed by atoms with E-state index in [1.54, 1.807) is 0 Å². The molecule has 1 aliphatic heterocycles. The molecule has 59 heavy (non-hydrogen) atoms. The molecule has 11 heteroatoms. The summed E-state index contributed by atoms with van der Waals surface area (Å²) in [5, 5.41) is 75.8. The van der Waals surface area contributed by atoms with E-state index in [0.717, 1.165) is 44.4 Å². The molecule has 1 rings (SSSR count). The Kier molecular flexibility index (Phi) is 35.8. The van der Waals surface area contributed by atoms with Gasteiger partial charge in [0.15, 0.2) is 6.29 Å². The van der Waals surface area contributed by atoms with Gasteiger partial charge in [0, 0.05) is 0 Å². The Bertz CT molecular complexity index is 943. The van der Waals surface area contributed by atoms with Gasteiger partial charge in [-0.15, -0.1) is 0 Å². The molecule has 1 saturated heterocycles. The van der Waals surface area contributed by atoms with E-state index in [4.69, 9.17) is 9.47 Å². The third kappa shape index (κ3) is 27.7. The number of amides is 1. The maximum atomic E-state index is 13.1. The predicted octanol–water partition coefficient (Wildman–Crippen LogP) is 8.53. The van der Waals surface area contributed by atoms with E-state index in [1.807, 2.05) is 0 Å². The lowest BCUT2D eigenvalue weighted by Gasteiger charge is -2.40. The van der Waals surface area contributed by atoms with Crippen molar-refractivity contribution in [3.8, 4) is 0 Å². The molecule has 0 saturated carbocycles. The summed E-state index contributed by atoms with van der Waals surface area (Å²) in [6, 6.07) is -1.16. The zero-order valence-electron chi connectivity index (χ0n) is 38.2. The van der Waals surface area contributed by atoms with Gasteiger partial charge in [0.2, 0.25) is 5.91 Å². The summed E-state index contributed by atoms with van der Waals surface area (Å²) in [6.07, 6.45) is 25.7. The maximum Gasteiger partial charge on any atom is 0.249 e. The summed E-state index contributed by atoms with van der Waals surface area (Å²) in [5.41, 5.74) is 0. The van der Waals surface area contributed by atoms with Gasteiger partial charge in [-0.1, -0.05) is 213 Å². The highest BCUT2D eigenvalue weighted by Gasteiger charge is 2.44. The molecule has 10 unspecified atom stereocenters. The third-order valence-corrected chi connectivity index (χ3v) is 12.7. The monoisotopic (exact) mass is 846 g/mol. The van der Waals surface area contributed by atoms with Crippen LogP contribution in [0.1, 0.15) is 226 Å². The number of carbonyl (C=O) groups excluding carboxylic acids is 1. The number of hydrogen-bond donors (Lipinski definition) is 8. The van der Waals surface area contributed by atoms with E-state index in [-0.39, 0.29) is 6.42 Å². The molecular formula is C48H95NO10. The van der Waals surface area contributed by atoms with Crippen LogP contribution in [0.2, 0.25) is 0 Å². The number of carbonyl (C=O) groups is 1. The van der Waals surface area contributed by atoms with Crippen molar-refractivity contribution >= 4 is 5.91 Å². The highest BCUT2D eigenvalue weighted by atomic mass is 16.7. The maximum absolute atomic E-state index is 13.1. The molecule has 352 valence electrons. The van der Waals surface area contributed by atoms with E-state index in [0.29, 0.717) is 19.3 Å². The molecule has 8 N–H and O–H groups in total. The molecule has 0 spiro atoms. The highest BCUT2D eigenvalue weighted by molar-refractivity contribution is 5.80. The van der Waals surface area contributed by atoms with Crippen molar-refractivity contribution in [1.82, 2.24) is 5.32 Å². The largest absolute Gasteiger partial charge is 0.394 e. The zero-order valence-corrected chi connectivity index (χ0v) is 38.2. The van der Waals surface area contributed by atoms with E-state index < -0.39 is 74.2 Å². The van der Waals surface area contributed by atoms with Crippen molar-refractivity contribution in [3.63, 3.8) is 0 Å². The van der Waals surface area contributed by atoms with Crippen LogP contribution in [-0.2, 0) is 14.3 Å². The van der Waals surface area contributed by atoms with Crippen LogP contribution >= 0.6 is 0 Å². The fourth-order valence-corrected chi connectivity index (χ4v) is 8.18. The van der Waals surface area contributed by atoms with Crippen LogP contribution in [0, 0.1) is 5.92 Å². The Hall–Kier alpha value is -0.890. The average Bonchev–Trinajstić information content (AvgIpc) is 3.24. The van der Waals surface area contributed by atoms with Crippen LogP contribution in [0.15, 0.2) is 0 Å². The molecular weight excluding hydrogens is 751 g/mol. The average molecular weight is 846 g/mol. The van der Waals surface area contributed by atoms with Crippen molar-refractivity contribution in [2.24, 2.45) is 5.92 Å². The van der Waals surface area contributed by atoms with Crippen LogP contribution in [0.4, 0.5) is 0 Å². The van der Waals surface area contributed by atoms with Crippen molar-refractivity contribution in [2.45, 2.75) is 281 Å². The van der Waals surface area contributed by atoms with Crippen LogP contribution < -0.4 is 5.32 Å². The van der Waals surface area contributed by atoms with Crippen LogP contribution in [0.3, 0.4) is 0 Å². The lowest BCUT2D eigenvalue weighted by molar-refractivity contribution is -0.303. The number of unbranched alkanes of at least 4 members (excludes halogenated alkanes) is 26. The van der Waals surface area contributed by atoms with Crippen LogP contribution in [0.25, 0.3) is 0 Å². The first-order valence-electron chi connectivity index (χ1n) is 24.8. The summed E-state index contributed by atoms with van der Waals surface area (Å²) in [6.45, 7) is 5.80. The molecule has 0 aliphatic carbocycles. The topological polar surface area (TPSA) is 189 Å². The molecule has 11 nitrogen and oxygen atoms in total. The number of aliphatic hydroxyl groups excluding tert-OH is 7. The molecule has 0 aromatic heterocycles. The molecule has 0 radical (unpaired) electrons. The van der Waals surface area contributed by atoms with Crippen molar-refractivity contribution in [1.29, 1.82) is 0 Å². The molecule has 1 amide bonds. The van der Waals surface area contributed by atoms with Gasteiger partial charge in [0.05, 0.1) is 25.4 Å². The van der Waals surface area contributed by atoms with E-state index in [1.165, 1.54) is 141 Å². The molecule has 10 atom stereocenters. The number of rotatable bonds is 41. The van der Waals surface area contributed by atoms with Crippen molar-refractivity contribution in [3.05, 3.63) is 0 Å². The summed E-state index contributed by atoms with van der Waals surface area (Å²) in [5.74, 6) is 0.135. The minimum absolute atomic E-state index is 0.266. The smallest absolute Gasteiger partial charge is 0.249 e. The first-order valence-corrected chi connectivity index (χ1v) is 24.8. The Morgan fingerprint density at radius 3 is 1.41 bits per heavy atom. The van der Waals surface area contributed by atoms with Gasteiger partial charge in [-0.3, -0.25) is 4.79 Å². The van der Waals surface area contributed by atoms with Crippen molar-refractivity contribution in [2.75, 3.05) is 13.2 Å². The van der Waals surface area contributed by atoms with E-state index >= 15 is 0 Å². The SMILES string of the molecule is CCCCCCCCCCCCCCCCCCCCC(O)C(=O)NC(COC1OC(CO)C(O)C(O)C1O)C(O)C(O)CCCCCCCCCCCCC(C)CC. The molecule has 0 aromatic rings. The fraction of sp³-hybridized carbons (Fsp3) is 0.979. The van der Waals surface area contributed by atoms with Crippen molar-refractivity contribution < 1.29 is 50.0 Å². The summed E-state index contributed by atoms with van der Waals surface area (Å²) < 4.78 is 11.1. The number of aliphatic hydroxyl groups is 7. The minimum Gasteiger partial charge on any atom is -0.394 e. The molecule has 0 aromatic carbocycles. The van der Waals surface area contributed by atoms with E-state index in [9.17, 15) is 40.5 Å². The minimum atomic E-state index is -1.66. The predicted molar refractivity (Wildman–Crippen MR) is 238 cm³/mol. The van der Waals surface area contributed by atoms with Gasteiger partial charge in [-0.05, 0) is 18.8 Å². The second kappa shape index (κ2) is 37.6. The van der Waals surface area contributed by atoms with Gasteiger partial charge in [0.1, 0.15) is 36.6 Å². The molecule has 1 aliphatic rings. The lowest BCUT2D eigenvalue weighted by atomic mass is 9.98. The first kappa shape index (κ1) is 56.1. The van der Waals surface area contributed by atoms with Gasteiger partial charge in [-0.25, -0.2) is 0 Å². The zero-order chi connectivity index (χ0) is 43.5. The van der Waals surface area contributed by atoms with Gasteiger partial charge in [0.25, 0.3) is 0 Å². The summed E-state index contributed by atoms with van der Waals surface area (Å²) >= 11 is 0. The van der Waals surface area contributed by atoms with Crippen LogP contribution in [-0.4, -0.2) is 110 Å². The standard InChI is InChI=1S/C48H95NO10/c1-4-6-7-8-9-10-11-12-13-14-15-16-17-18-23-26-29-32-35-41(52)47(57)49-39(37-58-48-46(56)45(55)44(54)42(36-50)59-48)43(53)40(51)34-31-28-25-22-20-19-21-24-27-30-33-38(3)5-2/h38-46,48,50-56H,4-37H2,1-3H3,(H,49,57). The van der Waals surface area contributed by atoms with Gasteiger partial charge >= 0.3 is 0 Å². The normalized spacial score (nSPS) is 22.2. The number of ether oxygens (including phenoxy) is 2. The first-order chi connectivity index (χ1) is 28.6. The Morgan fingerprint density at radius 2 is 0.983 bits per heavy atom. The Balaban J connectivity index is 2.40. The molecule has 1 heterocycles. The van der Waals surface area contributed by atoms with Gasteiger partial charge < -0.3 is 50.5 Å². The fourth-order valence-electron chi connectivity index (χ4n) is 8.18. The van der Waals surface area contributed by atoms with E-state index in [2.05, 4.69) is 26.1 Å². The second-order valence-electron chi connectivity index (χ2n) is 18.1. The summed E-state index contributed by atoms with van der Waals surface area (Å²) in [7, 11) is 0. The Labute approximate surface area is 360 Å². The summed E-state index contributed by atoms with van der Waals surface area (Å²) in [4.78, 5) is 13.1. The molecule has 1 fully saturated rings. The van der Waals surface area contributed by atoms with Crippen LogP contribution in [0.5, 0.6) is 0 Å². The number of nitrogens with one attached hydrogen (secondary N) is 1. The third-order valence-electron chi connectivity index (χ3n) is 12.7. The Morgan fingerprint density at radius 1 is 0.576 bits per heavy atom.